The number of carbonyl (C=O) groups is 1. The van der Waals surface area contributed by atoms with Crippen LogP contribution in [0.5, 0.6) is 0 Å². The molecule has 2 heterocycles. The molecule has 0 radical (unpaired) electrons. The van der Waals surface area contributed by atoms with Gasteiger partial charge in [0.2, 0.25) is 0 Å². The van der Waals surface area contributed by atoms with Crippen LogP contribution in [0.15, 0.2) is 18.2 Å². The molecule has 2 N–H and O–H groups in total. The number of carbonyl (C=O) groups excluding carboxylic acids is 1. The molecule has 0 spiro atoms. The van der Waals surface area contributed by atoms with Gasteiger partial charge in [0, 0.05) is 19.0 Å². The number of anilines is 1. The molecule has 5 heteroatoms. The van der Waals surface area contributed by atoms with Crippen LogP contribution in [0.1, 0.15) is 23.0 Å². The van der Waals surface area contributed by atoms with E-state index >= 15 is 0 Å². The number of nitrogens with two attached hydrogens (primary N) is 1. The molecule has 0 unspecified atom stereocenters. The molecule has 2 aromatic heterocycles. The third-order valence-electron chi connectivity index (χ3n) is 2.56. The van der Waals surface area contributed by atoms with E-state index in [0.717, 1.165) is 29.0 Å². The van der Waals surface area contributed by atoms with Crippen molar-refractivity contribution < 1.29 is 4.79 Å². The van der Waals surface area contributed by atoms with Gasteiger partial charge in [-0.1, -0.05) is 6.92 Å². The number of pyridine rings is 1. The molecule has 0 aliphatic heterocycles. The van der Waals surface area contributed by atoms with Crippen molar-refractivity contribution in [2.45, 2.75) is 13.3 Å². The number of hydrogen-bond acceptors (Lipinski definition) is 4. The van der Waals surface area contributed by atoms with Gasteiger partial charge < -0.3 is 10.6 Å². The van der Waals surface area contributed by atoms with Crippen LogP contribution in [-0.4, -0.2) is 24.5 Å². The molecule has 90 valence electrons. The zero-order valence-corrected chi connectivity index (χ0v) is 10.8. The van der Waals surface area contributed by atoms with Gasteiger partial charge in [0.25, 0.3) is 5.91 Å². The predicted molar refractivity (Wildman–Crippen MR) is 71.7 cm³/mol. The van der Waals surface area contributed by atoms with Crippen molar-refractivity contribution >= 4 is 33.3 Å². The second-order valence-corrected chi connectivity index (χ2v) is 4.99. The first kappa shape index (κ1) is 11.9. The Morgan fingerprint density at radius 1 is 1.53 bits per heavy atom. The van der Waals surface area contributed by atoms with E-state index in [1.165, 1.54) is 11.3 Å². The highest BCUT2D eigenvalue weighted by molar-refractivity contribution is 7.20. The van der Waals surface area contributed by atoms with Crippen molar-refractivity contribution in [1.82, 2.24) is 4.98 Å². The summed E-state index contributed by atoms with van der Waals surface area (Å²) >= 11 is 1.34. The van der Waals surface area contributed by atoms with Crippen LogP contribution in [0.3, 0.4) is 0 Å². The van der Waals surface area contributed by atoms with Crippen LogP contribution in [0.2, 0.25) is 0 Å². The van der Waals surface area contributed by atoms with Gasteiger partial charge in [-0.3, -0.25) is 4.79 Å². The SMILES string of the molecule is CCCN(C)c1ccc2cc(C(N)=O)sc2n1. The largest absolute Gasteiger partial charge is 0.365 e. The summed E-state index contributed by atoms with van der Waals surface area (Å²) in [5.41, 5.74) is 5.26. The van der Waals surface area contributed by atoms with E-state index in [9.17, 15) is 4.79 Å². The second kappa shape index (κ2) is 4.71. The molecular formula is C12H15N3OS. The van der Waals surface area contributed by atoms with E-state index in [4.69, 9.17) is 5.73 Å². The normalized spacial score (nSPS) is 10.7. The van der Waals surface area contributed by atoms with Gasteiger partial charge in [-0.2, -0.15) is 0 Å². The number of rotatable bonds is 4. The molecule has 0 saturated heterocycles. The Morgan fingerprint density at radius 2 is 2.29 bits per heavy atom. The molecule has 17 heavy (non-hydrogen) atoms. The molecule has 0 bridgehead atoms. The maximum atomic E-state index is 11.1. The molecule has 2 aromatic rings. The average Bonchev–Trinajstić information content (AvgIpc) is 2.71. The minimum absolute atomic E-state index is 0.392. The Kier molecular flexibility index (Phi) is 3.28. The van der Waals surface area contributed by atoms with E-state index in [1.807, 2.05) is 19.2 Å². The number of thiophene rings is 1. The minimum Gasteiger partial charge on any atom is -0.365 e. The smallest absolute Gasteiger partial charge is 0.258 e. The third kappa shape index (κ3) is 2.39. The van der Waals surface area contributed by atoms with Crippen molar-refractivity contribution in [3.63, 3.8) is 0 Å². The number of primary amides is 1. The van der Waals surface area contributed by atoms with Crippen molar-refractivity contribution in [2.75, 3.05) is 18.5 Å². The summed E-state index contributed by atoms with van der Waals surface area (Å²) in [6.45, 7) is 3.10. The van der Waals surface area contributed by atoms with Gasteiger partial charge in [-0.15, -0.1) is 11.3 Å². The second-order valence-electron chi connectivity index (χ2n) is 3.96. The lowest BCUT2D eigenvalue weighted by Gasteiger charge is -2.16. The Morgan fingerprint density at radius 3 is 2.94 bits per heavy atom. The van der Waals surface area contributed by atoms with Crippen LogP contribution < -0.4 is 10.6 Å². The molecular weight excluding hydrogens is 234 g/mol. The van der Waals surface area contributed by atoms with Crippen LogP contribution >= 0.6 is 11.3 Å². The first-order valence-electron chi connectivity index (χ1n) is 5.53. The number of amides is 1. The van der Waals surface area contributed by atoms with Gasteiger partial charge in [0.05, 0.1) is 4.88 Å². The summed E-state index contributed by atoms with van der Waals surface area (Å²) in [5, 5.41) is 0.970. The summed E-state index contributed by atoms with van der Waals surface area (Å²) in [6.07, 6.45) is 1.08. The molecule has 0 aliphatic rings. The Labute approximate surface area is 104 Å². The fraction of sp³-hybridized carbons (Fsp3) is 0.333. The summed E-state index contributed by atoms with van der Waals surface area (Å²) in [6, 6.07) is 5.74. The van der Waals surface area contributed by atoms with Gasteiger partial charge >= 0.3 is 0 Å². The number of hydrogen-bond donors (Lipinski definition) is 1. The summed E-state index contributed by atoms with van der Waals surface area (Å²) in [7, 11) is 2.01. The number of fused-ring (bicyclic) bond motifs is 1. The highest BCUT2D eigenvalue weighted by Crippen LogP contribution is 2.25. The van der Waals surface area contributed by atoms with E-state index < -0.39 is 5.91 Å². The summed E-state index contributed by atoms with van der Waals surface area (Å²) < 4.78 is 0. The topological polar surface area (TPSA) is 59.2 Å². The first-order chi connectivity index (χ1) is 8.11. The highest BCUT2D eigenvalue weighted by atomic mass is 32.1. The molecule has 2 rings (SSSR count). The summed E-state index contributed by atoms with van der Waals surface area (Å²) in [5.74, 6) is 0.536. The van der Waals surface area contributed by atoms with Crippen molar-refractivity contribution in [3.05, 3.63) is 23.1 Å². The number of aromatic nitrogens is 1. The lowest BCUT2D eigenvalue weighted by atomic mass is 10.3. The zero-order valence-electron chi connectivity index (χ0n) is 9.93. The van der Waals surface area contributed by atoms with Gasteiger partial charge in [0.15, 0.2) is 0 Å². The monoisotopic (exact) mass is 249 g/mol. The lowest BCUT2D eigenvalue weighted by Crippen LogP contribution is -2.18. The van der Waals surface area contributed by atoms with Crippen LogP contribution in [-0.2, 0) is 0 Å². The molecule has 0 atom stereocenters. The van der Waals surface area contributed by atoms with Gasteiger partial charge in [0.1, 0.15) is 10.6 Å². The summed E-state index contributed by atoms with van der Waals surface area (Å²) in [4.78, 5) is 19.1. The van der Waals surface area contributed by atoms with E-state index in [-0.39, 0.29) is 0 Å². The molecule has 0 aromatic carbocycles. The molecule has 0 aliphatic carbocycles. The average molecular weight is 249 g/mol. The van der Waals surface area contributed by atoms with Gasteiger partial charge in [-0.05, 0) is 24.6 Å². The van der Waals surface area contributed by atoms with Crippen molar-refractivity contribution in [3.8, 4) is 0 Å². The zero-order chi connectivity index (χ0) is 12.4. The minimum atomic E-state index is -0.392. The molecule has 0 fully saturated rings. The molecule has 4 nitrogen and oxygen atoms in total. The lowest BCUT2D eigenvalue weighted by molar-refractivity contribution is 0.100. The fourth-order valence-electron chi connectivity index (χ4n) is 1.69. The van der Waals surface area contributed by atoms with Crippen LogP contribution in [0.4, 0.5) is 5.82 Å². The third-order valence-corrected chi connectivity index (χ3v) is 3.62. The molecule has 0 saturated carbocycles. The quantitative estimate of drug-likeness (QED) is 0.904. The standard InChI is InChI=1S/C12H15N3OS/c1-3-6-15(2)10-5-4-8-7-9(11(13)16)17-12(8)14-10/h4-5,7H,3,6H2,1-2H3,(H2,13,16). The maximum Gasteiger partial charge on any atom is 0.258 e. The Bertz CT molecular complexity index is 550. The highest BCUT2D eigenvalue weighted by Gasteiger charge is 2.09. The van der Waals surface area contributed by atoms with E-state index in [2.05, 4.69) is 16.8 Å². The van der Waals surface area contributed by atoms with E-state index in [1.54, 1.807) is 6.07 Å². The van der Waals surface area contributed by atoms with Crippen LogP contribution in [0.25, 0.3) is 10.2 Å². The predicted octanol–water partition coefficient (Wildman–Crippen LogP) is 2.24. The Balaban J connectivity index is 2.39. The van der Waals surface area contributed by atoms with Gasteiger partial charge in [-0.25, -0.2) is 4.98 Å². The first-order valence-corrected chi connectivity index (χ1v) is 6.35. The van der Waals surface area contributed by atoms with E-state index in [0.29, 0.717) is 4.88 Å². The number of nitrogens with zero attached hydrogens (tertiary/aromatic N) is 2. The Hall–Kier alpha value is -1.62. The van der Waals surface area contributed by atoms with Crippen molar-refractivity contribution in [2.24, 2.45) is 5.73 Å². The maximum absolute atomic E-state index is 11.1. The van der Waals surface area contributed by atoms with Crippen molar-refractivity contribution in [1.29, 1.82) is 0 Å². The molecule has 1 amide bonds. The van der Waals surface area contributed by atoms with Crippen LogP contribution in [0, 0.1) is 0 Å². The fourth-order valence-corrected chi connectivity index (χ4v) is 2.57.